The normalized spacial score (nSPS) is 33.0. The van der Waals surface area contributed by atoms with E-state index in [0.717, 1.165) is 25.7 Å². The van der Waals surface area contributed by atoms with Gasteiger partial charge in [0.25, 0.3) is 0 Å². The number of methoxy groups -OCH3 is 1. The quantitative estimate of drug-likeness (QED) is 0.573. The van der Waals surface area contributed by atoms with Crippen LogP contribution < -0.4 is 9.47 Å². The number of fused-ring (bicyclic) bond motifs is 3. The number of hydrogen-bond acceptors (Lipinski definition) is 2. The van der Waals surface area contributed by atoms with Crippen molar-refractivity contribution in [2.24, 2.45) is 23.2 Å². The molecule has 2 saturated carbocycles. The van der Waals surface area contributed by atoms with Crippen molar-refractivity contribution in [1.29, 1.82) is 0 Å². The van der Waals surface area contributed by atoms with E-state index in [1.165, 1.54) is 13.2 Å². The third-order valence-electron chi connectivity index (χ3n) is 7.04. The first kappa shape index (κ1) is 18.1. The highest BCUT2D eigenvalue weighted by Crippen LogP contribution is 2.65. The van der Waals surface area contributed by atoms with Gasteiger partial charge in [-0.2, -0.15) is 13.2 Å². The predicted molar refractivity (Wildman–Crippen MR) is 96.7 cm³/mol. The number of benzene rings is 2. The lowest BCUT2D eigenvalue weighted by molar-refractivity contribution is -0.255. The van der Waals surface area contributed by atoms with Crippen LogP contribution in [-0.4, -0.2) is 13.2 Å². The van der Waals surface area contributed by atoms with Crippen molar-refractivity contribution in [3.05, 3.63) is 35.4 Å². The van der Waals surface area contributed by atoms with Crippen LogP contribution in [0.15, 0.2) is 18.2 Å². The van der Waals surface area contributed by atoms with Gasteiger partial charge in [-0.3, -0.25) is 0 Å². The summed E-state index contributed by atoms with van der Waals surface area (Å²) in [5, 5.41) is 0.0293. The van der Waals surface area contributed by atoms with Gasteiger partial charge in [-0.1, -0.05) is 19.1 Å². The van der Waals surface area contributed by atoms with E-state index < -0.39 is 23.7 Å². The van der Waals surface area contributed by atoms with Crippen LogP contribution in [0.2, 0.25) is 0 Å². The van der Waals surface area contributed by atoms with Crippen LogP contribution in [0.3, 0.4) is 0 Å². The molecule has 2 aromatic rings. The van der Waals surface area contributed by atoms with E-state index in [2.05, 4.69) is 6.92 Å². The van der Waals surface area contributed by atoms with Crippen LogP contribution in [0, 0.1) is 34.8 Å². The molecule has 6 heteroatoms. The molecule has 0 saturated heterocycles. The molecule has 150 valence electrons. The van der Waals surface area contributed by atoms with Crippen molar-refractivity contribution in [2.75, 3.05) is 7.11 Å². The van der Waals surface area contributed by atoms with Gasteiger partial charge < -0.3 is 9.47 Å². The topological polar surface area (TPSA) is 18.5 Å². The Labute approximate surface area is 160 Å². The molecule has 0 bridgehead atoms. The number of rotatable bonds is 2. The predicted octanol–water partition coefficient (Wildman–Crippen LogP) is 6.10. The van der Waals surface area contributed by atoms with E-state index in [4.69, 9.17) is 9.47 Å². The minimum atomic E-state index is -3.40. The van der Waals surface area contributed by atoms with Crippen LogP contribution in [0.4, 0.5) is 17.6 Å². The molecule has 5 rings (SSSR count). The van der Waals surface area contributed by atoms with Crippen molar-refractivity contribution in [3.63, 3.8) is 0 Å². The van der Waals surface area contributed by atoms with Gasteiger partial charge in [0.1, 0.15) is 5.75 Å². The summed E-state index contributed by atoms with van der Waals surface area (Å²) < 4.78 is 68.5. The molecule has 2 aromatic carbocycles. The summed E-state index contributed by atoms with van der Waals surface area (Å²) in [4.78, 5) is 0. The lowest BCUT2D eigenvalue weighted by atomic mass is 9.46. The fourth-order valence-corrected chi connectivity index (χ4v) is 5.93. The second kappa shape index (κ2) is 5.77. The average molecular weight is 394 g/mol. The molecule has 0 aromatic heterocycles. The molecule has 3 aliphatic rings. The fraction of sp³-hybridized carbons (Fsp3) is 0.545. The van der Waals surface area contributed by atoms with Crippen molar-refractivity contribution in [2.45, 2.75) is 45.1 Å². The Morgan fingerprint density at radius 3 is 2.43 bits per heavy atom. The van der Waals surface area contributed by atoms with Crippen molar-refractivity contribution >= 4 is 10.8 Å². The summed E-state index contributed by atoms with van der Waals surface area (Å²) in [6, 6.07) is 4.59. The van der Waals surface area contributed by atoms with E-state index in [0.29, 0.717) is 11.5 Å². The van der Waals surface area contributed by atoms with E-state index in [1.54, 1.807) is 12.1 Å². The molecule has 1 spiro atoms. The number of alkyl halides is 2. The van der Waals surface area contributed by atoms with Crippen LogP contribution in [0.1, 0.15) is 38.2 Å². The number of halogens is 4. The molecule has 1 unspecified atom stereocenters. The van der Waals surface area contributed by atoms with E-state index in [1.807, 2.05) is 0 Å². The maximum atomic E-state index is 14.9. The van der Waals surface area contributed by atoms with Gasteiger partial charge in [0.2, 0.25) is 5.82 Å². The van der Waals surface area contributed by atoms with Crippen LogP contribution in [0.5, 0.6) is 11.5 Å². The van der Waals surface area contributed by atoms with Gasteiger partial charge >= 0.3 is 6.11 Å². The summed E-state index contributed by atoms with van der Waals surface area (Å²) in [5.74, 6) is -3.26. The molecule has 28 heavy (non-hydrogen) atoms. The summed E-state index contributed by atoms with van der Waals surface area (Å²) >= 11 is 0. The molecular weight excluding hydrogens is 372 g/mol. The Morgan fingerprint density at radius 1 is 1.07 bits per heavy atom. The van der Waals surface area contributed by atoms with E-state index >= 15 is 0 Å². The van der Waals surface area contributed by atoms with Crippen molar-refractivity contribution < 1.29 is 27.0 Å². The summed E-state index contributed by atoms with van der Waals surface area (Å²) in [6.45, 7) is 2.20. The Balaban J connectivity index is 1.50. The van der Waals surface area contributed by atoms with Crippen LogP contribution in [0.25, 0.3) is 10.8 Å². The van der Waals surface area contributed by atoms with Gasteiger partial charge in [0.15, 0.2) is 11.6 Å². The summed E-state index contributed by atoms with van der Waals surface area (Å²) in [6.07, 6.45) is 0.577. The lowest BCUT2D eigenvalue weighted by Gasteiger charge is -2.59. The SMILES string of the molecule is COc1cc2ccc3c(c2c(F)c1F)OC(F)(F)C(C1CC2(CC(C)C2)C1)C3. The van der Waals surface area contributed by atoms with Gasteiger partial charge in [0, 0.05) is 0 Å². The number of hydrogen-bond donors (Lipinski definition) is 0. The smallest absolute Gasteiger partial charge is 0.401 e. The minimum Gasteiger partial charge on any atom is -0.494 e. The molecule has 1 atom stereocenters. The zero-order valence-corrected chi connectivity index (χ0v) is 15.8. The van der Waals surface area contributed by atoms with Crippen molar-refractivity contribution in [3.8, 4) is 11.5 Å². The first-order chi connectivity index (χ1) is 13.2. The molecule has 2 nitrogen and oxygen atoms in total. The molecule has 2 aliphatic carbocycles. The monoisotopic (exact) mass is 394 g/mol. The third-order valence-corrected chi connectivity index (χ3v) is 7.04. The number of ether oxygens (including phenoxy) is 2. The maximum Gasteiger partial charge on any atom is 0.401 e. The highest BCUT2D eigenvalue weighted by atomic mass is 19.3. The first-order valence-electron chi connectivity index (χ1n) is 9.77. The summed E-state index contributed by atoms with van der Waals surface area (Å²) in [7, 11) is 1.23. The van der Waals surface area contributed by atoms with Gasteiger partial charge in [0.05, 0.1) is 18.4 Å². The highest BCUT2D eigenvalue weighted by molar-refractivity contribution is 5.91. The Morgan fingerprint density at radius 2 is 1.79 bits per heavy atom. The zero-order chi connectivity index (χ0) is 19.8. The molecule has 1 aliphatic heterocycles. The standard InChI is InChI=1S/C22H22F4O2/c1-11-7-21(8-11)9-14(10-21)15-5-13-4-3-12-6-16(27-2)18(23)19(24)17(12)20(13)28-22(15,25)26/h3-4,6,11,14-15H,5,7-10H2,1-2H3. The lowest BCUT2D eigenvalue weighted by Crippen LogP contribution is -2.54. The minimum absolute atomic E-state index is 0.0937. The van der Waals surface area contributed by atoms with Gasteiger partial charge in [-0.25, -0.2) is 4.39 Å². The van der Waals surface area contributed by atoms with E-state index in [9.17, 15) is 17.6 Å². The second-order valence-corrected chi connectivity index (χ2v) is 9.01. The molecule has 0 amide bonds. The Hall–Kier alpha value is -1.98. The molecule has 0 N–H and O–H groups in total. The molecule has 0 radical (unpaired) electrons. The van der Waals surface area contributed by atoms with Gasteiger partial charge in [-0.05, 0) is 66.4 Å². The first-order valence-corrected chi connectivity index (χ1v) is 9.77. The molecule has 2 fully saturated rings. The largest absolute Gasteiger partial charge is 0.494 e. The second-order valence-electron chi connectivity index (χ2n) is 9.01. The average Bonchev–Trinajstić information content (AvgIpc) is 2.58. The fourth-order valence-electron chi connectivity index (χ4n) is 5.93. The zero-order valence-electron chi connectivity index (χ0n) is 15.8. The Kier molecular flexibility index (Phi) is 3.72. The third kappa shape index (κ3) is 2.45. The summed E-state index contributed by atoms with van der Waals surface area (Å²) in [5.41, 5.74) is 0.769. The van der Waals surface area contributed by atoms with Crippen LogP contribution in [-0.2, 0) is 6.42 Å². The Bertz CT molecular complexity index is 957. The molecule has 1 heterocycles. The van der Waals surface area contributed by atoms with E-state index in [-0.39, 0.29) is 40.0 Å². The molecular formula is C22H22F4O2. The van der Waals surface area contributed by atoms with Gasteiger partial charge in [-0.15, -0.1) is 0 Å². The maximum absolute atomic E-state index is 14.9. The van der Waals surface area contributed by atoms with Crippen LogP contribution >= 0.6 is 0 Å². The highest BCUT2D eigenvalue weighted by Gasteiger charge is 2.59. The van der Waals surface area contributed by atoms with Crippen molar-refractivity contribution in [1.82, 2.24) is 0 Å².